The minimum atomic E-state index is -0.713. The second kappa shape index (κ2) is 6.73. The number of hydrogen-bond donors (Lipinski definition) is 4. The molecule has 8 nitrogen and oxygen atoms in total. The number of nitrogens with one attached hydrogen (secondary N) is 3. The summed E-state index contributed by atoms with van der Waals surface area (Å²) in [7, 11) is 0. The maximum absolute atomic E-state index is 12.3. The summed E-state index contributed by atoms with van der Waals surface area (Å²) >= 11 is 3.19. The van der Waals surface area contributed by atoms with Crippen molar-refractivity contribution in [1.82, 2.24) is 21.0 Å². The number of benzene rings is 2. The normalized spacial score (nSPS) is 10.4. The summed E-state index contributed by atoms with van der Waals surface area (Å²) in [6, 6.07) is 10.8. The van der Waals surface area contributed by atoms with Crippen LogP contribution in [0, 0.1) is 0 Å². The lowest BCUT2D eigenvalue weighted by atomic mass is 10.1. The van der Waals surface area contributed by atoms with Crippen molar-refractivity contribution >= 4 is 38.5 Å². The molecule has 0 aliphatic heterocycles. The highest BCUT2D eigenvalue weighted by atomic mass is 79.9. The van der Waals surface area contributed by atoms with E-state index >= 15 is 0 Å². The van der Waals surface area contributed by atoms with E-state index in [0.717, 1.165) is 0 Å². The average Bonchev–Trinajstić information content (AvgIpc) is 2.62. The monoisotopic (exact) mass is 402 g/mol. The number of aromatic hydroxyl groups is 1. The van der Waals surface area contributed by atoms with Crippen molar-refractivity contribution < 1.29 is 14.7 Å². The van der Waals surface area contributed by atoms with Crippen LogP contribution in [-0.2, 0) is 0 Å². The van der Waals surface area contributed by atoms with E-state index in [1.165, 1.54) is 12.1 Å². The third-order valence-corrected chi connectivity index (χ3v) is 3.90. The number of amides is 2. The molecule has 0 saturated heterocycles. The molecule has 0 saturated carbocycles. The zero-order valence-electron chi connectivity index (χ0n) is 12.5. The van der Waals surface area contributed by atoms with E-state index in [1.54, 1.807) is 30.3 Å². The first-order valence-electron chi connectivity index (χ1n) is 7.04. The van der Waals surface area contributed by atoms with Gasteiger partial charge in [0.2, 0.25) is 0 Å². The molecule has 0 atom stereocenters. The van der Waals surface area contributed by atoms with Gasteiger partial charge in [-0.1, -0.05) is 34.1 Å². The van der Waals surface area contributed by atoms with Crippen molar-refractivity contribution in [2.45, 2.75) is 0 Å². The third-order valence-electron chi connectivity index (χ3n) is 3.40. The van der Waals surface area contributed by atoms with Gasteiger partial charge in [-0.3, -0.25) is 25.2 Å². The maximum atomic E-state index is 12.3. The number of phenolic OH excluding ortho intramolecular Hbond substituents is 1. The van der Waals surface area contributed by atoms with Gasteiger partial charge in [0, 0.05) is 9.86 Å². The molecule has 0 bridgehead atoms. The van der Waals surface area contributed by atoms with Crippen molar-refractivity contribution in [2.24, 2.45) is 0 Å². The number of nitrogens with zero attached hydrogens (tertiary/aromatic N) is 1. The molecule has 0 radical (unpaired) electrons. The molecule has 4 N–H and O–H groups in total. The molecular formula is C16H11BrN4O4. The lowest BCUT2D eigenvalue weighted by Gasteiger charge is -2.09. The SMILES string of the molecule is O=C(NNC(=O)c1n[nH]c(=O)c2ccccc12)c1cc(Br)ccc1O. The fraction of sp³-hybridized carbons (Fsp3) is 0. The zero-order chi connectivity index (χ0) is 18.0. The molecular weight excluding hydrogens is 392 g/mol. The molecule has 0 unspecified atom stereocenters. The second-order valence-corrected chi connectivity index (χ2v) is 5.93. The van der Waals surface area contributed by atoms with E-state index in [2.05, 4.69) is 37.0 Å². The summed E-state index contributed by atoms with van der Waals surface area (Å²) in [6.07, 6.45) is 0. The molecule has 3 rings (SSSR count). The number of fused-ring (bicyclic) bond motifs is 1. The molecule has 0 aliphatic carbocycles. The zero-order valence-corrected chi connectivity index (χ0v) is 14.1. The first-order chi connectivity index (χ1) is 12.0. The smallest absolute Gasteiger partial charge is 0.290 e. The third kappa shape index (κ3) is 3.36. The number of carbonyl (C=O) groups is 2. The van der Waals surface area contributed by atoms with Crippen LogP contribution < -0.4 is 16.4 Å². The number of aromatic amines is 1. The Kier molecular flexibility index (Phi) is 4.48. The van der Waals surface area contributed by atoms with E-state index in [0.29, 0.717) is 15.2 Å². The summed E-state index contributed by atoms with van der Waals surface area (Å²) in [5, 5.41) is 16.3. The van der Waals surface area contributed by atoms with Crippen molar-refractivity contribution in [3.05, 3.63) is 68.5 Å². The number of aromatic nitrogens is 2. The van der Waals surface area contributed by atoms with Crippen LogP contribution in [0.3, 0.4) is 0 Å². The molecule has 3 aromatic rings. The Morgan fingerprint density at radius 1 is 1.04 bits per heavy atom. The molecule has 2 aromatic carbocycles. The van der Waals surface area contributed by atoms with Crippen molar-refractivity contribution in [1.29, 1.82) is 0 Å². The standard InChI is InChI=1S/C16H11BrN4O4/c17-8-5-6-12(22)11(7-8)15(24)20-21-16(25)13-9-3-1-2-4-10(9)14(23)19-18-13/h1-7,22H,(H,19,23)(H,20,24)(H,21,25). The minimum absolute atomic E-state index is 0.0195. The van der Waals surface area contributed by atoms with Crippen molar-refractivity contribution in [2.75, 3.05) is 0 Å². The van der Waals surface area contributed by atoms with Gasteiger partial charge in [0.1, 0.15) is 5.75 Å². The molecule has 9 heteroatoms. The summed E-state index contributed by atoms with van der Waals surface area (Å²) in [5.41, 5.74) is 3.91. The molecule has 25 heavy (non-hydrogen) atoms. The van der Waals surface area contributed by atoms with Gasteiger partial charge in [-0.05, 0) is 24.3 Å². The van der Waals surface area contributed by atoms with E-state index in [4.69, 9.17) is 0 Å². The summed E-state index contributed by atoms with van der Waals surface area (Å²) in [6.45, 7) is 0. The van der Waals surface area contributed by atoms with Gasteiger partial charge in [-0.2, -0.15) is 5.10 Å². The Hall–Kier alpha value is -3.20. The van der Waals surface area contributed by atoms with Crippen LogP contribution in [0.4, 0.5) is 0 Å². The predicted octanol–water partition coefficient (Wildman–Crippen LogP) is 1.47. The van der Waals surface area contributed by atoms with Crippen LogP contribution in [0.1, 0.15) is 20.8 Å². The number of phenols is 1. The number of hydrazine groups is 1. The molecule has 0 spiro atoms. The first kappa shape index (κ1) is 16.7. The lowest BCUT2D eigenvalue weighted by Crippen LogP contribution is -2.42. The fourth-order valence-corrected chi connectivity index (χ4v) is 2.58. The van der Waals surface area contributed by atoms with Gasteiger partial charge in [0.15, 0.2) is 5.69 Å². The average molecular weight is 403 g/mol. The van der Waals surface area contributed by atoms with E-state index < -0.39 is 17.4 Å². The molecule has 1 aromatic heterocycles. The minimum Gasteiger partial charge on any atom is -0.507 e. The highest BCUT2D eigenvalue weighted by Crippen LogP contribution is 2.21. The Balaban J connectivity index is 1.82. The topological polar surface area (TPSA) is 124 Å². The first-order valence-corrected chi connectivity index (χ1v) is 7.83. The van der Waals surface area contributed by atoms with Crippen LogP contribution in [0.25, 0.3) is 10.8 Å². The van der Waals surface area contributed by atoms with Gasteiger partial charge in [-0.25, -0.2) is 5.10 Å². The van der Waals surface area contributed by atoms with Gasteiger partial charge >= 0.3 is 0 Å². The van der Waals surface area contributed by atoms with Gasteiger partial charge in [0.25, 0.3) is 17.4 Å². The van der Waals surface area contributed by atoms with Gasteiger partial charge in [-0.15, -0.1) is 0 Å². The molecule has 0 fully saturated rings. The number of carbonyl (C=O) groups excluding carboxylic acids is 2. The number of hydrogen-bond acceptors (Lipinski definition) is 5. The van der Waals surface area contributed by atoms with E-state index in [-0.39, 0.29) is 17.0 Å². The molecule has 1 heterocycles. The van der Waals surface area contributed by atoms with E-state index in [1.807, 2.05) is 0 Å². The van der Waals surface area contributed by atoms with Crippen LogP contribution in [0.2, 0.25) is 0 Å². The van der Waals surface area contributed by atoms with Crippen LogP contribution in [-0.4, -0.2) is 27.1 Å². The number of halogens is 1. The number of H-pyrrole nitrogens is 1. The fourth-order valence-electron chi connectivity index (χ4n) is 2.22. The Bertz CT molecular complexity index is 1050. The second-order valence-electron chi connectivity index (χ2n) is 5.02. The highest BCUT2D eigenvalue weighted by Gasteiger charge is 2.16. The van der Waals surface area contributed by atoms with Gasteiger partial charge < -0.3 is 5.11 Å². The van der Waals surface area contributed by atoms with Crippen molar-refractivity contribution in [3.63, 3.8) is 0 Å². The summed E-state index contributed by atoms with van der Waals surface area (Å²) < 4.78 is 0.593. The number of rotatable bonds is 2. The molecule has 0 aliphatic rings. The van der Waals surface area contributed by atoms with Crippen molar-refractivity contribution in [3.8, 4) is 5.75 Å². The molecule has 126 valence electrons. The van der Waals surface area contributed by atoms with Crippen LogP contribution >= 0.6 is 15.9 Å². The quantitative estimate of drug-likeness (QED) is 0.483. The van der Waals surface area contributed by atoms with Crippen LogP contribution in [0.15, 0.2) is 51.7 Å². The Labute approximate surface area is 149 Å². The largest absolute Gasteiger partial charge is 0.507 e. The lowest BCUT2D eigenvalue weighted by molar-refractivity contribution is 0.0842. The highest BCUT2D eigenvalue weighted by molar-refractivity contribution is 9.10. The maximum Gasteiger partial charge on any atom is 0.290 e. The summed E-state index contributed by atoms with van der Waals surface area (Å²) in [4.78, 5) is 36.1. The molecule has 2 amide bonds. The van der Waals surface area contributed by atoms with Gasteiger partial charge in [0.05, 0.1) is 10.9 Å². The Morgan fingerprint density at radius 3 is 2.48 bits per heavy atom. The van der Waals surface area contributed by atoms with Crippen LogP contribution in [0.5, 0.6) is 5.75 Å². The predicted molar refractivity (Wildman–Crippen MR) is 93.1 cm³/mol. The summed E-state index contributed by atoms with van der Waals surface area (Å²) in [5.74, 6) is -1.65. The van der Waals surface area contributed by atoms with E-state index in [9.17, 15) is 19.5 Å². The Morgan fingerprint density at radius 2 is 1.72 bits per heavy atom.